The number of nitrogens with one attached hydrogen (secondary N) is 1. The fraction of sp³-hybridized carbons (Fsp3) is 0.154. The van der Waals surface area contributed by atoms with Gasteiger partial charge in [0.05, 0.1) is 22.3 Å². The van der Waals surface area contributed by atoms with Crippen LogP contribution >= 0.6 is 11.6 Å². The highest BCUT2D eigenvalue weighted by molar-refractivity contribution is 6.32. The fourth-order valence-electron chi connectivity index (χ4n) is 1.52. The van der Waals surface area contributed by atoms with Crippen molar-refractivity contribution < 1.29 is 9.90 Å². The summed E-state index contributed by atoms with van der Waals surface area (Å²) in [5.74, 6) is -0.238. The van der Waals surface area contributed by atoms with Gasteiger partial charge in [-0.25, -0.2) is 4.68 Å². The first-order chi connectivity index (χ1) is 9.51. The zero-order valence-corrected chi connectivity index (χ0v) is 11.3. The van der Waals surface area contributed by atoms with E-state index >= 15 is 0 Å². The van der Waals surface area contributed by atoms with E-state index in [4.69, 9.17) is 22.0 Å². The molecule has 2 aromatic rings. The second kappa shape index (κ2) is 5.74. The molecule has 1 atom stereocenters. The normalized spacial score (nSPS) is 11.7. The summed E-state index contributed by atoms with van der Waals surface area (Å²) in [5.41, 5.74) is 1.04. The molecule has 1 unspecified atom stereocenters. The third kappa shape index (κ3) is 2.96. The van der Waals surface area contributed by atoms with Gasteiger partial charge in [0.15, 0.2) is 5.82 Å². The van der Waals surface area contributed by atoms with Gasteiger partial charge in [-0.1, -0.05) is 11.6 Å². The van der Waals surface area contributed by atoms with E-state index in [0.717, 1.165) is 0 Å². The maximum atomic E-state index is 11.3. The number of aromatic nitrogens is 2. The molecule has 0 saturated heterocycles. The van der Waals surface area contributed by atoms with Gasteiger partial charge in [0, 0.05) is 12.3 Å². The van der Waals surface area contributed by atoms with Crippen LogP contribution in [0.1, 0.15) is 12.5 Å². The SMILES string of the molecule is CC(O)C(=O)Nc1ccn(-c2ccc(C#N)cc2Cl)n1. The molecule has 0 aliphatic carbocycles. The van der Waals surface area contributed by atoms with Gasteiger partial charge in [-0.3, -0.25) is 4.79 Å². The van der Waals surface area contributed by atoms with Crippen molar-refractivity contribution in [2.75, 3.05) is 5.32 Å². The van der Waals surface area contributed by atoms with E-state index in [0.29, 0.717) is 22.1 Å². The Morgan fingerprint density at radius 3 is 2.90 bits per heavy atom. The average Bonchev–Trinajstić information content (AvgIpc) is 2.86. The molecule has 0 spiro atoms. The molecular formula is C13H11ClN4O2. The van der Waals surface area contributed by atoms with E-state index in [9.17, 15) is 4.79 Å². The maximum absolute atomic E-state index is 11.3. The van der Waals surface area contributed by atoms with Crippen LogP contribution in [0, 0.1) is 11.3 Å². The van der Waals surface area contributed by atoms with Crippen LogP contribution in [-0.4, -0.2) is 26.9 Å². The average molecular weight is 291 g/mol. The number of rotatable bonds is 3. The van der Waals surface area contributed by atoms with Gasteiger partial charge >= 0.3 is 0 Å². The zero-order chi connectivity index (χ0) is 14.7. The predicted octanol–water partition coefficient (Wildman–Crippen LogP) is 1.72. The summed E-state index contributed by atoms with van der Waals surface area (Å²) in [6.07, 6.45) is 0.504. The van der Waals surface area contributed by atoms with Gasteiger partial charge in [-0.2, -0.15) is 10.4 Å². The van der Waals surface area contributed by atoms with Gasteiger partial charge in [0.1, 0.15) is 6.10 Å². The number of halogens is 1. The second-order valence-electron chi connectivity index (χ2n) is 4.09. The van der Waals surface area contributed by atoms with Crippen molar-refractivity contribution in [3.8, 4) is 11.8 Å². The third-order valence-corrected chi connectivity index (χ3v) is 2.85. The van der Waals surface area contributed by atoms with Crippen LogP contribution in [0.25, 0.3) is 5.69 Å². The Balaban J connectivity index is 2.25. The maximum Gasteiger partial charge on any atom is 0.254 e. The molecule has 0 aliphatic rings. The lowest BCUT2D eigenvalue weighted by Crippen LogP contribution is -2.24. The number of benzene rings is 1. The van der Waals surface area contributed by atoms with Gasteiger partial charge in [0.2, 0.25) is 0 Å². The number of nitriles is 1. The molecular weight excluding hydrogens is 280 g/mol. The zero-order valence-electron chi connectivity index (χ0n) is 10.5. The van der Waals surface area contributed by atoms with Crippen LogP contribution in [0.5, 0.6) is 0 Å². The summed E-state index contributed by atoms with van der Waals surface area (Å²) in [6.45, 7) is 1.36. The number of aliphatic hydroxyl groups is 1. The predicted molar refractivity (Wildman–Crippen MR) is 73.6 cm³/mol. The Hall–Kier alpha value is -2.36. The highest BCUT2D eigenvalue weighted by atomic mass is 35.5. The highest BCUT2D eigenvalue weighted by Crippen LogP contribution is 2.22. The number of aliphatic hydroxyl groups excluding tert-OH is 1. The van der Waals surface area contributed by atoms with E-state index < -0.39 is 12.0 Å². The molecule has 0 saturated carbocycles. The molecule has 0 aliphatic heterocycles. The van der Waals surface area contributed by atoms with Gasteiger partial charge in [0.25, 0.3) is 5.91 Å². The van der Waals surface area contributed by atoms with Crippen LogP contribution < -0.4 is 5.32 Å². The van der Waals surface area contributed by atoms with Gasteiger partial charge in [-0.15, -0.1) is 0 Å². The van der Waals surface area contributed by atoms with Crippen molar-refractivity contribution in [3.05, 3.63) is 41.0 Å². The topological polar surface area (TPSA) is 90.9 Å². The summed E-state index contributed by atoms with van der Waals surface area (Å²) in [6, 6.07) is 8.39. The first kappa shape index (κ1) is 14.1. The first-order valence-electron chi connectivity index (χ1n) is 5.76. The van der Waals surface area contributed by atoms with Crippen molar-refractivity contribution in [2.45, 2.75) is 13.0 Å². The largest absolute Gasteiger partial charge is 0.384 e. The van der Waals surface area contributed by atoms with E-state index in [-0.39, 0.29) is 0 Å². The van der Waals surface area contributed by atoms with Crippen LogP contribution in [0.3, 0.4) is 0 Å². The lowest BCUT2D eigenvalue weighted by Gasteiger charge is -2.05. The molecule has 20 heavy (non-hydrogen) atoms. The first-order valence-corrected chi connectivity index (χ1v) is 6.13. The van der Waals surface area contributed by atoms with Crippen molar-refractivity contribution in [2.24, 2.45) is 0 Å². The Morgan fingerprint density at radius 2 is 2.30 bits per heavy atom. The molecule has 1 aromatic heterocycles. The van der Waals surface area contributed by atoms with Crippen molar-refractivity contribution >= 4 is 23.3 Å². The number of nitrogens with zero attached hydrogens (tertiary/aromatic N) is 3. The molecule has 0 fully saturated rings. The Kier molecular flexibility index (Phi) is 4.03. The number of carbonyl (C=O) groups is 1. The van der Waals surface area contributed by atoms with E-state index in [1.165, 1.54) is 17.7 Å². The van der Waals surface area contributed by atoms with Crippen LogP contribution in [0.2, 0.25) is 5.02 Å². The minimum Gasteiger partial charge on any atom is -0.384 e. The Labute approximate surface area is 120 Å². The van der Waals surface area contributed by atoms with E-state index in [1.807, 2.05) is 6.07 Å². The fourth-order valence-corrected chi connectivity index (χ4v) is 1.78. The molecule has 6 nitrogen and oxygen atoms in total. The van der Waals surface area contributed by atoms with Crippen molar-refractivity contribution in [1.82, 2.24) is 9.78 Å². The summed E-state index contributed by atoms with van der Waals surface area (Å²) in [7, 11) is 0. The number of hydrogen-bond acceptors (Lipinski definition) is 4. The molecule has 2 rings (SSSR count). The summed E-state index contributed by atoms with van der Waals surface area (Å²) in [5, 5.41) is 24.8. The molecule has 1 amide bonds. The highest BCUT2D eigenvalue weighted by Gasteiger charge is 2.11. The van der Waals surface area contributed by atoms with E-state index in [1.54, 1.807) is 24.4 Å². The molecule has 2 N–H and O–H groups in total. The van der Waals surface area contributed by atoms with Crippen LogP contribution in [-0.2, 0) is 4.79 Å². The van der Waals surface area contributed by atoms with Gasteiger partial charge in [-0.05, 0) is 25.1 Å². The number of hydrogen-bond donors (Lipinski definition) is 2. The molecule has 7 heteroatoms. The van der Waals surface area contributed by atoms with Crippen molar-refractivity contribution in [1.29, 1.82) is 5.26 Å². The minimum atomic E-state index is -1.11. The third-order valence-electron chi connectivity index (χ3n) is 2.54. The molecule has 0 bridgehead atoms. The molecule has 1 heterocycles. The van der Waals surface area contributed by atoms with E-state index in [2.05, 4.69) is 10.4 Å². The Bertz CT molecular complexity index is 688. The second-order valence-corrected chi connectivity index (χ2v) is 4.50. The monoisotopic (exact) mass is 290 g/mol. The smallest absolute Gasteiger partial charge is 0.254 e. The van der Waals surface area contributed by atoms with Crippen molar-refractivity contribution in [3.63, 3.8) is 0 Å². The van der Waals surface area contributed by atoms with Crippen LogP contribution in [0.15, 0.2) is 30.5 Å². The van der Waals surface area contributed by atoms with Crippen LogP contribution in [0.4, 0.5) is 5.82 Å². The number of carbonyl (C=O) groups excluding carboxylic acids is 1. The minimum absolute atomic E-state index is 0.302. The number of anilines is 1. The molecule has 102 valence electrons. The summed E-state index contributed by atoms with van der Waals surface area (Å²) >= 11 is 6.07. The van der Waals surface area contributed by atoms with Gasteiger partial charge < -0.3 is 10.4 Å². The standard InChI is InChI=1S/C13H11ClN4O2/c1-8(19)13(20)16-12-4-5-18(17-12)11-3-2-9(7-15)6-10(11)14/h2-6,8,19H,1H3,(H,16,17,20). The number of amides is 1. The Morgan fingerprint density at radius 1 is 1.55 bits per heavy atom. The molecule has 0 radical (unpaired) electrons. The lowest BCUT2D eigenvalue weighted by atomic mass is 10.2. The quantitative estimate of drug-likeness (QED) is 0.900. The summed E-state index contributed by atoms with van der Waals surface area (Å²) < 4.78 is 1.47. The lowest BCUT2D eigenvalue weighted by molar-refractivity contribution is -0.123. The molecule has 1 aromatic carbocycles. The summed E-state index contributed by atoms with van der Waals surface area (Å²) in [4.78, 5) is 11.3.